The van der Waals surface area contributed by atoms with Crippen LogP contribution in [0.2, 0.25) is 0 Å². The van der Waals surface area contributed by atoms with Gasteiger partial charge in [-0.05, 0) is 62.4 Å². The zero-order valence-electron chi connectivity index (χ0n) is 15.2. The van der Waals surface area contributed by atoms with Crippen LogP contribution in [0.25, 0.3) is 0 Å². The van der Waals surface area contributed by atoms with Crippen molar-refractivity contribution in [3.63, 3.8) is 0 Å². The Hall–Kier alpha value is -2.00. The quantitative estimate of drug-likeness (QED) is 0.542. The number of hydrogen-bond donors (Lipinski definition) is 2. The molecule has 0 fully saturated rings. The highest BCUT2D eigenvalue weighted by Crippen LogP contribution is 2.33. The summed E-state index contributed by atoms with van der Waals surface area (Å²) in [5, 5.41) is 13.3. The molecule has 0 aliphatic rings. The Labute approximate surface area is 145 Å². The van der Waals surface area contributed by atoms with Gasteiger partial charge in [0.25, 0.3) is 0 Å². The largest absolute Gasteiger partial charge is 0.508 e. The van der Waals surface area contributed by atoms with Gasteiger partial charge in [-0.2, -0.15) is 0 Å². The Balaban J connectivity index is 1.86. The zero-order chi connectivity index (χ0) is 17.5. The Morgan fingerprint density at radius 2 is 1.79 bits per heavy atom. The van der Waals surface area contributed by atoms with Crippen LogP contribution in [0.15, 0.2) is 42.5 Å². The topological polar surface area (TPSA) is 41.5 Å². The van der Waals surface area contributed by atoms with Gasteiger partial charge >= 0.3 is 0 Å². The highest BCUT2D eigenvalue weighted by Gasteiger charge is 2.13. The normalized spacial score (nSPS) is 12.4. The van der Waals surface area contributed by atoms with Gasteiger partial charge in [0, 0.05) is 5.56 Å². The van der Waals surface area contributed by atoms with E-state index in [1.165, 1.54) is 5.56 Å². The smallest absolute Gasteiger partial charge is 0.147 e. The average molecular weight is 327 g/mol. The van der Waals surface area contributed by atoms with Gasteiger partial charge < -0.3 is 9.84 Å². The summed E-state index contributed by atoms with van der Waals surface area (Å²) in [5.74, 6) is 1.48. The van der Waals surface area contributed by atoms with Gasteiger partial charge in [-0.25, -0.2) is 0 Å². The minimum absolute atomic E-state index is 0.0674. The minimum Gasteiger partial charge on any atom is -0.508 e. The predicted octanol–water partition coefficient (Wildman–Crippen LogP) is 4.77. The van der Waals surface area contributed by atoms with Gasteiger partial charge in [-0.15, -0.1) is 0 Å². The van der Waals surface area contributed by atoms with Crippen molar-refractivity contribution in [1.29, 1.82) is 0 Å². The number of phenols is 1. The number of rotatable bonds is 8. The fraction of sp³-hybridized carbons (Fsp3) is 0.429. The lowest BCUT2D eigenvalue weighted by Gasteiger charge is -2.21. The maximum Gasteiger partial charge on any atom is 0.147 e. The third-order valence-electron chi connectivity index (χ3n) is 4.17. The highest BCUT2D eigenvalue weighted by atomic mass is 16.5. The lowest BCUT2D eigenvalue weighted by molar-refractivity contribution is 0.180. The average Bonchev–Trinajstić information content (AvgIpc) is 2.55. The van der Waals surface area contributed by atoms with Crippen LogP contribution in [0.1, 0.15) is 49.8 Å². The fourth-order valence-electron chi connectivity index (χ4n) is 2.71. The van der Waals surface area contributed by atoms with Crippen LogP contribution in [-0.4, -0.2) is 17.9 Å². The van der Waals surface area contributed by atoms with Crippen molar-refractivity contribution in [3.05, 3.63) is 59.2 Å². The molecule has 0 heterocycles. The summed E-state index contributed by atoms with van der Waals surface area (Å²) in [6.45, 7) is 9.03. The highest BCUT2D eigenvalue weighted by molar-refractivity contribution is 5.46. The van der Waals surface area contributed by atoms with Crippen LogP contribution in [0.4, 0.5) is 0 Å². The van der Waals surface area contributed by atoms with Crippen molar-refractivity contribution in [2.75, 3.05) is 6.54 Å². The molecule has 0 spiro atoms. The van der Waals surface area contributed by atoms with Crippen LogP contribution in [0.5, 0.6) is 11.5 Å². The third-order valence-corrected chi connectivity index (χ3v) is 4.17. The number of aromatic hydroxyl groups is 1. The number of hydrogen-bond acceptors (Lipinski definition) is 3. The Kier molecular flexibility index (Phi) is 6.68. The lowest BCUT2D eigenvalue weighted by atomic mass is 10.00. The van der Waals surface area contributed by atoms with Crippen LogP contribution in [0, 0.1) is 6.92 Å². The number of nitrogens with one attached hydrogen (secondary N) is 1. The molecule has 24 heavy (non-hydrogen) atoms. The zero-order valence-corrected chi connectivity index (χ0v) is 15.2. The lowest BCUT2D eigenvalue weighted by Crippen LogP contribution is -2.32. The Bertz CT molecular complexity index is 638. The van der Waals surface area contributed by atoms with E-state index in [9.17, 15) is 5.11 Å². The van der Waals surface area contributed by atoms with E-state index in [0.29, 0.717) is 11.7 Å². The molecule has 3 heteroatoms. The van der Waals surface area contributed by atoms with E-state index in [2.05, 4.69) is 43.4 Å². The molecule has 0 aliphatic carbocycles. The first kappa shape index (κ1) is 18.3. The molecule has 1 unspecified atom stereocenters. The van der Waals surface area contributed by atoms with Crippen molar-refractivity contribution in [2.24, 2.45) is 0 Å². The molecular weight excluding hydrogens is 298 g/mol. The van der Waals surface area contributed by atoms with E-state index in [1.54, 1.807) is 0 Å². The standard InChI is InChI=1S/C21H29NO2/c1-15(2)19-14-20(23)16(3)13-21(19)24-17(4)22-12-8-11-18-9-6-5-7-10-18/h5-7,9-10,13-15,17,22-23H,8,11-12H2,1-4H3. The van der Waals surface area contributed by atoms with Gasteiger partial charge in [0.15, 0.2) is 0 Å². The number of benzene rings is 2. The number of ether oxygens (including phenoxy) is 1. The van der Waals surface area contributed by atoms with Crippen LogP contribution >= 0.6 is 0 Å². The molecule has 0 saturated carbocycles. The molecular formula is C21H29NO2. The van der Waals surface area contributed by atoms with Crippen LogP contribution in [0.3, 0.4) is 0 Å². The van der Waals surface area contributed by atoms with Crippen molar-refractivity contribution in [3.8, 4) is 11.5 Å². The molecule has 0 aliphatic heterocycles. The second kappa shape index (κ2) is 8.74. The van der Waals surface area contributed by atoms with E-state index in [-0.39, 0.29) is 6.23 Å². The second-order valence-corrected chi connectivity index (χ2v) is 6.63. The van der Waals surface area contributed by atoms with Crippen LogP contribution < -0.4 is 10.1 Å². The summed E-state index contributed by atoms with van der Waals surface area (Å²) in [4.78, 5) is 0. The van der Waals surface area contributed by atoms with Gasteiger partial charge in [0.1, 0.15) is 17.7 Å². The maximum atomic E-state index is 9.92. The molecule has 1 atom stereocenters. The Morgan fingerprint density at radius 1 is 1.08 bits per heavy atom. The van der Waals surface area contributed by atoms with E-state index in [1.807, 2.05) is 32.0 Å². The Morgan fingerprint density at radius 3 is 2.46 bits per heavy atom. The molecule has 2 aromatic rings. The van der Waals surface area contributed by atoms with Crippen molar-refractivity contribution in [2.45, 2.75) is 52.7 Å². The van der Waals surface area contributed by atoms with Gasteiger partial charge in [-0.1, -0.05) is 44.2 Å². The number of phenolic OH excluding ortho intramolecular Hbond substituents is 1. The summed E-state index contributed by atoms with van der Waals surface area (Å²) in [6, 6.07) is 14.3. The molecule has 3 nitrogen and oxygen atoms in total. The van der Waals surface area contributed by atoms with Gasteiger partial charge in [0.05, 0.1) is 0 Å². The van der Waals surface area contributed by atoms with Crippen molar-refractivity contribution in [1.82, 2.24) is 5.32 Å². The van der Waals surface area contributed by atoms with Gasteiger partial charge in [-0.3, -0.25) is 5.32 Å². The van der Waals surface area contributed by atoms with Crippen LogP contribution in [-0.2, 0) is 6.42 Å². The summed E-state index contributed by atoms with van der Waals surface area (Å²) in [5.41, 5.74) is 3.24. The molecule has 2 N–H and O–H groups in total. The molecule has 2 aromatic carbocycles. The molecule has 2 rings (SSSR count). The SMILES string of the molecule is Cc1cc(OC(C)NCCCc2ccccc2)c(C(C)C)cc1O. The molecule has 0 amide bonds. The van der Waals surface area contributed by atoms with Gasteiger partial charge in [0.2, 0.25) is 0 Å². The summed E-state index contributed by atoms with van der Waals surface area (Å²) < 4.78 is 6.07. The second-order valence-electron chi connectivity index (χ2n) is 6.63. The fourth-order valence-corrected chi connectivity index (χ4v) is 2.71. The molecule has 0 bridgehead atoms. The van der Waals surface area contributed by atoms with Crippen molar-refractivity contribution < 1.29 is 9.84 Å². The third kappa shape index (κ3) is 5.27. The maximum absolute atomic E-state index is 9.92. The summed E-state index contributed by atoms with van der Waals surface area (Å²) in [7, 11) is 0. The monoisotopic (exact) mass is 327 g/mol. The molecule has 0 saturated heterocycles. The molecule has 0 aromatic heterocycles. The molecule has 0 radical (unpaired) electrons. The minimum atomic E-state index is -0.0674. The first-order valence-electron chi connectivity index (χ1n) is 8.75. The molecule has 130 valence electrons. The predicted molar refractivity (Wildman–Crippen MR) is 99.8 cm³/mol. The number of aryl methyl sites for hydroxylation is 2. The van der Waals surface area contributed by atoms with E-state index >= 15 is 0 Å². The first-order chi connectivity index (χ1) is 11.5. The summed E-state index contributed by atoms with van der Waals surface area (Å²) in [6.07, 6.45) is 2.07. The van der Waals surface area contributed by atoms with E-state index in [4.69, 9.17) is 4.74 Å². The first-order valence-corrected chi connectivity index (χ1v) is 8.75. The summed E-state index contributed by atoms with van der Waals surface area (Å²) >= 11 is 0. The van der Waals surface area contributed by atoms with Crippen molar-refractivity contribution >= 4 is 0 Å². The van der Waals surface area contributed by atoms with E-state index in [0.717, 1.165) is 36.3 Å². The van der Waals surface area contributed by atoms with E-state index < -0.39 is 0 Å².